The molecule has 45 heavy (non-hydrogen) atoms. The summed E-state index contributed by atoms with van der Waals surface area (Å²) in [5.74, 6) is 0.132. The zero-order valence-electron chi connectivity index (χ0n) is 24.7. The summed E-state index contributed by atoms with van der Waals surface area (Å²) in [6.07, 6.45) is 0. The lowest BCUT2D eigenvalue weighted by Gasteiger charge is -2.23. The fourth-order valence-corrected chi connectivity index (χ4v) is 7.18. The maximum Gasteiger partial charge on any atom is 0.301 e. The van der Waals surface area contributed by atoms with E-state index in [2.05, 4.69) is 34.5 Å². The molecule has 0 aliphatic carbocycles. The predicted octanol–water partition coefficient (Wildman–Crippen LogP) is 7.03. The van der Waals surface area contributed by atoms with E-state index in [0.29, 0.717) is 45.1 Å². The fraction of sp³-hybridized carbons (Fsp3) is 0.176. The number of fused-ring (bicyclic) bond motifs is 1. The summed E-state index contributed by atoms with van der Waals surface area (Å²) in [4.78, 5) is 28.6. The number of nitrogens with zero attached hydrogens (tertiary/aromatic N) is 3. The molecule has 11 heteroatoms. The van der Waals surface area contributed by atoms with Gasteiger partial charge in [-0.3, -0.25) is 14.5 Å². The molecule has 0 radical (unpaired) electrons. The van der Waals surface area contributed by atoms with Gasteiger partial charge in [-0.25, -0.2) is 0 Å². The van der Waals surface area contributed by atoms with E-state index < -0.39 is 17.7 Å². The number of hydrogen-bond donors (Lipinski definition) is 1. The first-order chi connectivity index (χ1) is 21.9. The van der Waals surface area contributed by atoms with Gasteiger partial charge in [-0.1, -0.05) is 77.7 Å². The lowest BCUT2D eigenvalue weighted by atomic mass is 9.95. The maximum absolute atomic E-state index is 13.7. The third kappa shape index (κ3) is 5.84. The van der Waals surface area contributed by atoms with Crippen molar-refractivity contribution in [3.63, 3.8) is 0 Å². The Labute approximate surface area is 268 Å². The predicted molar refractivity (Wildman–Crippen MR) is 175 cm³/mol. The smallest absolute Gasteiger partial charge is 0.301 e. The van der Waals surface area contributed by atoms with E-state index in [0.717, 1.165) is 16.3 Å². The Kier molecular flexibility index (Phi) is 8.72. The normalized spacial score (nSPS) is 15.9. The van der Waals surface area contributed by atoms with Gasteiger partial charge in [-0.2, -0.15) is 0 Å². The average Bonchev–Trinajstić information content (AvgIpc) is 3.65. The van der Waals surface area contributed by atoms with Crippen molar-refractivity contribution in [2.75, 3.05) is 25.7 Å². The summed E-state index contributed by atoms with van der Waals surface area (Å²) < 4.78 is 17.0. The Morgan fingerprint density at radius 1 is 0.933 bits per heavy atom. The molecule has 6 rings (SSSR count). The topological polar surface area (TPSA) is 111 Å². The zero-order valence-corrected chi connectivity index (χ0v) is 26.4. The number of ketones is 1. The number of methoxy groups -OCH3 is 2. The van der Waals surface area contributed by atoms with Crippen LogP contribution in [0.2, 0.25) is 0 Å². The molecule has 228 valence electrons. The Morgan fingerprint density at radius 2 is 1.69 bits per heavy atom. The van der Waals surface area contributed by atoms with Crippen molar-refractivity contribution in [1.29, 1.82) is 0 Å². The Hall–Kier alpha value is -4.87. The van der Waals surface area contributed by atoms with Crippen LogP contribution in [0.5, 0.6) is 17.2 Å². The number of anilines is 1. The number of hydrogen-bond acceptors (Lipinski definition) is 10. The fourth-order valence-electron chi connectivity index (χ4n) is 5.31. The van der Waals surface area contributed by atoms with Crippen LogP contribution >= 0.6 is 23.1 Å². The number of aromatic nitrogens is 2. The molecule has 0 spiro atoms. The van der Waals surface area contributed by atoms with Gasteiger partial charge in [-0.05, 0) is 59.2 Å². The van der Waals surface area contributed by atoms with Gasteiger partial charge in [0, 0.05) is 11.3 Å². The van der Waals surface area contributed by atoms with E-state index in [1.807, 2.05) is 25.1 Å². The number of aliphatic hydroxyl groups excluding tert-OH is 1. The number of rotatable bonds is 10. The van der Waals surface area contributed by atoms with Crippen LogP contribution in [0.4, 0.5) is 5.13 Å². The number of amides is 1. The van der Waals surface area contributed by atoms with E-state index in [9.17, 15) is 14.7 Å². The number of ether oxygens (including phenoxy) is 3. The summed E-state index contributed by atoms with van der Waals surface area (Å²) in [6, 6.07) is 25.3. The second kappa shape index (κ2) is 13.0. The molecule has 1 saturated heterocycles. The van der Waals surface area contributed by atoms with Crippen molar-refractivity contribution < 1.29 is 28.9 Å². The zero-order chi connectivity index (χ0) is 31.5. The first-order valence-electron chi connectivity index (χ1n) is 14.1. The van der Waals surface area contributed by atoms with E-state index in [-0.39, 0.29) is 16.5 Å². The molecule has 1 amide bonds. The Morgan fingerprint density at radius 3 is 2.44 bits per heavy atom. The van der Waals surface area contributed by atoms with Crippen LogP contribution in [-0.2, 0) is 15.3 Å². The number of benzene rings is 4. The molecular formula is C34H29N3O6S2. The highest BCUT2D eigenvalue weighted by Gasteiger charge is 2.48. The molecule has 1 fully saturated rings. The van der Waals surface area contributed by atoms with Crippen molar-refractivity contribution in [2.45, 2.75) is 23.1 Å². The van der Waals surface area contributed by atoms with Gasteiger partial charge in [0.2, 0.25) is 5.13 Å². The van der Waals surface area contributed by atoms with Crippen molar-refractivity contribution in [2.24, 2.45) is 0 Å². The molecule has 1 atom stereocenters. The Balaban J connectivity index is 1.38. The van der Waals surface area contributed by atoms with E-state index in [1.165, 1.54) is 42.2 Å². The molecule has 0 saturated carbocycles. The summed E-state index contributed by atoms with van der Waals surface area (Å²) in [6.45, 7) is 2.37. The highest BCUT2D eigenvalue weighted by atomic mass is 32.2. The van der Waals surface area contributed by atoms with Crippen LogP contribution in [0.1, 0.15) is 29.7 Å². The Bertz CT molecular complexity index is 1920. The molecule has 1 N–H and O–H groups in total. The van der Waals surface area contributed by atoms with Crippen molar-refractivity contribution in [3.8, 4) is 17.2 Å². The van der Waals surface area contributed by atoms with Crippen molar-refractivity contribution in [1.82, 2.24) is 10.2 Å². The molecule has 4 aromatic carbocycles. The lowest BCUT2D eigenvalue weighted by Crippen LogP contribution is -2.29. The first-order valence-corrected chi connectivity index (χ1v) is 15.9. The minimum atomic E-state index is -0.961. The highest BCUT2D eigenvalue weighted by Crippen LogP contribution is 2.45. The number of carbonyl (C=O) groups is 2. The highest BCUT2D eigenvalue weighted by molar-refractivity contribution is 8.00. The van der Waals surface area contributed by atoms with Gasteiger partial charge in [0.15, 0.2) is 15.8 Å². The summed E-state index contributed by atoms with van der Waals surface area (Å²) in [5, 5.41) is 22.8. The van der Waals surface area contributed by atoms with Gasteiger partial charge < -0.3 is 19.3 Å². The second-order valence-corrected chi connectivity index (χ2v) is 12.2. The lowest BCUT2D eigenvalue weighted by molar-refractivity contribution is -0.132. The standard InChI is InChI=1S/C34H29N3O6S2/c1-4-43-24-15-12-21(13-16-24)29-28(30(38)22-14-17-26(41-2)27(18-22)42-3)31(39)32(40)37(29)33-35-36-34(45-33)44-19-23-10-7-9-20-8-5-6-11-25(20)23/h5-18,29,38H,4,19H2,1-3H3/t29-/m1/s1. The average molecular weight is 640 g/mol. The number of Topliss-reactive ketones (excluding diaryl/α,β-unsaturated/α-hetero) is 1. The van der Waals surface area contributed by atoms with Crippen LogP contribution < -0.4 is 19.1 Å². The van der Waals surface area contributed by atoms with E-state index >= 15 is 0 Å². The summed E-state index contributed by atoms with van der Waals surface area (Å²) in [7, 11) is 2.98. The van der Waals surface area contributed by atoms with Crippen molar-refractivity contribution in [3.05, 3.63) is 107 Å². The molecule has 5 aromatic rings. The molecule has 9 nitrogen and oxygen atoms in total. The number of carbonyl (C=O) groups excluding carboxylic acids is 2. The van der Waals surface area contributed by atoms with Gasteiger partial charge in [-0.15, -0.1) is 10.2 Å². The molecule has 1 aromatic heterocycles. The SMILES string of the molecule is CCOc1ccc([C@@H]2C(=C(O)c3ccc(OC)c(OC)c3)C(=O)C(=O)N2c2nnc(SCc3cccc4ccccc34)s2)cc1. The largest absolute Gasteiger partial charge is 0.507 e. The van der Waals surface area contributed by atoms with E-state index in [4.69, 9.17) is 14.2 Å². The second-order valence-electron chi connectivity index (χ2n) is 10.0. The summed E-state index contributed by atoms with van der Waals surface area (Å²) in [5.41, 5.74) is 1.97. The molecule has 0 bridgehead atoms. The minimum absolute atomic E-state index is 0.0726. The van der Waals surface area contributed by atoms with Crippen LogP contribution in [0, 0.1) is 0 Å². The third-order valence-corrected chi connectivity index (χ3v) is 9.55. The quantitative estimate of drug-likeness (QED) is 0.0566. The van der Waals surface area contributed by atoms with Gasteiger partial charge in [0.1, 0.15) is 11.5 Å². The molecule has 2 heterocycles. The van der Waals surface area contributed by atoms with Crippen LogP contribution in [-0.4, -0.2) is 47.8 Å². The number of thioether (sulfide) groups is 1. The first kappa shape index (κ1) is 30.2. The molecular weight excluding hydrogens is 611 g/mol. The van der Waals surface area contributed by atoms with Crippen LogP contribution in [0.25, 0.3) is 16.5 Å². The monoisotopic (exact) mass is 639 g/mol. The van der Waals surface area contributed by atoms with Gasteiger partial charge in [0.25, 0.3) is 5.78 Å². The minimum Gasteiger partial charge on any atom is -0.507 e. The molecule has 0 unspecified atom stereocenters. The molecule has 1 aliphatic rings. The van der Waals surface area contributed by atoms with Crippen LogP contribution in [0.3, 0.4) is 0 Å². The van der Waals surface area contributed by atoms with Crippen LogP contribution in [0.15, 0.2) is 94.8 Å². The molecule has 1 aliphatic heterocycles. The number of aliphatic hydroxyl groups is 1. The van der Waals surface area contributed by atoms with Gasteiger partial charge in [0.05, 0.1) is 32.4 Å². The van der Waals surface area contributed by atoms with E-state index in [1.54, 1.807) is 42.5 Å². The third-order valence-electron chi connectivity index (χ3n) is 7.44. The maximum atomic E-state index is 13.7. The summed E-state index contributed by atoms with van der Waals surface area (Å²) >= 11 is 2.72. The van der Waals surface area contributed by atoms with Gasteiger partial charge >= 0.3 is 5.91 Å². The van der Waals surface area contributed by atoms with Crippen molar-refractivity contribution >= 4 is 56.5 Å².